The zero-order valence-electron chi connectivity index (χ0n) is 18.3. The fourth-order valence-corrected chi connectivity index (χ4v) is 5.55. The number of nitrogens with zero attached hydrogens (tertiary/aromatic N) is 5. The molecule has 0 unspecified atom stereocenters. The minimum Gasteiger partial charge on any atom is -0.395 e. The monoisotopic (exact) mass is 515 g/mol. The van der Waals surface area contributed by atoms with Gasteiger partial charge in [-0.3, -0.25) is 14.4 Å². The van der Waals surface area contributed by atoms with Crippen molar-refractivity contribution in [3.8, 4) is 0 Å². The molecule has 0 atom stereocenters. The first kappa shape index (κ1) is 23.4. The first-order valence-electron chi connectivity index (χ1n) is 11.0. The largest absolute Gasteiger partial charge is 0.395 e. The van der Waals surface area contributed by atoms with E-state index in [0.717, 1.165) is 53.4 Å². The molecule has 0 spiro atoms. The Morgan fingerprint density at radius 3 is 2.68 bits per heavy atom. The van der Waals surface area contributed by atoms with E-state index in [1.807, 2.05) is 47.3 Å². The molecule has 2 aromatic carbocycles. The highest BCUT2D eigenvalue weighted by Gasteiger charge is 2.28. The maximum atomic E-state index is 12.5. The average molecular weight is 516 g/mol. The predicted octanol–water partition coefficient (Wildman–Crippen LogP) is 3.97. The second-order valence-electron chi connectivity index (χ2n) is 8.22. The summed E-state index contributed by atoms with van der Waals surface area (Å²) < 4.78 is 1.90. The summed E-state index contributed by atoms with van der Waals surface area (Å²) in [5, 5.41) is 16.6. The number of aliphatic imine (C=N–C) groups is 1. The summed E-state index contributed by atoms with van der Waals surface area (Å²) >= 11 is 13.8. The third-order valence-corrected chi connectivity index (χ3v) is 7.60. The number of β-amino-alcohol motifs (C(OH)–C–C–N with tert-alkyl or cyclic N) is 1. The van der Waals surface area contributed by atoms with Crippen LogP contribution in [0.5, 0.6) is 0 Å². The number of carbonyl (C=O) groups excluding carboxylic acids is 1. The Balaban J connectivity index is 1.29. The number of benzene rings is 2. The summed E-state index contributed by atoms with van der Waals surface area (Å²) in [6.45, 7) is 4.70. The summed E-state index contributed by atoms with van der Waals surface area (Å²) in [5.74, 6) is -0.203. The number of aromatic nitrogens is 2. The lowest BCUT2D eigenvalue weighted by Gasteiger charge is -2.34. The Hall–Kier alpha value is -2.36. The van der Waals surface area contributed by atoms with Crippen LogP contribution in [0.15, 0.2) is 52.5 Å². The molecule has 1 amide bonds. The van der Waals surface area contributed by atoms with Gasteiger partial charge < -0.3 is 10.0 Å². The van der Waals surface area contributed by atoms with E-state index < -0.39 is 0 Å². The van der Waals surface area contributed by atoms with E-state index in [4.69, 9.17) is 28.3 Å². The smallest absolute Gasteiger partial charge is 0.286 e. The van der Waals surface area contributed by atoms with E-state index >= 15 is 0 Å². The third-order valence-electron chi connectivity index (χ3n) is 5.97. The number of aliphatic hydroxyl groups excluding tert-OH is 1. The van der Waals surface area contributed by atoms with Crippen LogP contribution >= 0.6 is 35.0 Å². The Morgan fingerprint density at radius 1 is 1.09 bits per heavy atom. The van der Waals surface area contributed by atoms with Crippen LogP contribution in [0.3, 0.4) is 0 Å². The number of hydrogen-bond acceptors (Lipinski definition) is 6. The van der Waals surface area contributed by atoms with Gasteiger partial charge >= 0.3 is 0 Å². The minimum absolute atomic E-state index is 0.166. The number of fused-ring (bicyclic) bond motifs is 1. The fraction of sp³-hybridized carbons (Fsp3) is 0.292. The Bertz CT molecular complexity index is 1300. The lowest BCUT2D eigenvalue weighted by molar-refractivity contribution is -0.113. The molecule has 0 saturated carbocycles. The lowest BCUT2D eigenvalue weighted by atomic mass is 10.1. The minimum atomic E-state index is -0.203. The predicted molar refractivity (Wildman–Crippen MR) is 138 cm³/mol. The number of carbonyl (C=O) groups is 1. The number of halogens is 2. The van der Waals surface area contributed by atoms with Crippen LogP contribution in [0.4, 0.5) is 0 Å². The molecule has 34 heavy (non-hydrogen) atoms. The average Bonchev–Trinajstić information content (AvgIpc) is 3.39. The summed E-state index contributed by atoms with van der Waals surface area (Å²) in [6.07, 6.45) is 3.71. The van der Waals surface area contributed by atoms with Crippen molar-refractivity contribution in [1.29, 1.82) is 0 Å². The lowest BCUT2D eigenvalue weighted by Crippen LogP contribution is -2.48. The molecule has 3 heterocycles. The van der Waals surface area contributed by atoms with Crippen molar-refractivity contribution in [1.82, 2.24) is 19.6 Å². The Labute approximate surface area is 211 Å². The van der Waals surface area contributed by atoms with Crippen LogP contribution in [0.2, 0.25) is 10.0 Å². The van der Waals surface area contributed by atoms with Crippen molar-refractivity contribution < 1.29 is 9.90 Å². The zero-order valence-corrected chi connectivity index (χ0v) is 20.7. The van der Waals surface area contributed by atoms with Gasteiger partial charge in [-0.2, -0.15) is 10.1 Å². The maximum absolute atomic E-state index is 12.5. The molecule has 1 fully saturated rings. The third kappa shape index (κ3) is 5.01. The molecule has 3 aromatic rings. The number of amidine groups is 1. The molecule has 5 rings (SSSR count). The fourth-order valence-electron chi connectivity index (χ4n) is 4.12. The standard InChI is InChI=1S/C24H23Cl2N5O2S/c25-19-3-2-17(20(26)13-19)15-31-21-4-1-16(11-18(21)14-27-31)12-22-23(33)28-24(34-22)30-7-5-29(6-8-30)9-10-32/h1-4,11-14,32H,5-10,15H2. The normalized spacial score (nSPS) is 18.3. The topological polar surface area (TPSA) is 74.0 Å². The van der Waals surface area contributed by atoms with Gasteiger partial charge in [0.25, 0.3) is 5.91 Å². The number of aliphatic hydroxyl groups is 1. The summed E-state index contributed by atoms with van der Waals surface area (Å²) in [4.78, 5) is 21.8. The molecular formula is C24H23Cl2N5O2S. The van der Waals surface area contributed by atoms with Crippen LogP contribution < -0.4 is 0 Å². The number of rotatable bonds is 5. The summed E-state index contributed by atoms with van der Waals surface area (Å²) in [7, 11) is 0. The summed E-state index contributed by atoms with van der Waals surface area (Å²) in [6, 6.07) is 11.5. The van der Waals surface area contributed by atoms with E-state index in [1.54, 1.807) is 6.07 Å². The van der Waals surface area contributed by atoms with Gasteiger partial charge in [0.05, 0.1) is 29.8 Å². The molecule has 2 aliphatic rings. The number of thioether (sulfide) groups is 1. The van der Waals surface area contributed by atoms with Gasteiger partial charge in [0, 0.05) is 48.2 Å². The first-order valence-corrected chi connectivity index (χ1v) is 12.6. The molecule has 1 N–H and O–H groups in total. The molecule has 1 aromatic heterocycles. The zero-order chi connectivity index (χ0) is 23.7. The van der Waals surface area contributed by atoms with Crippen molar-refractivity contribution in [2.75, 3.05) is 39.3 Å². The van der Waals surface area contributed by atoms with Crippen molar-refractivity contribution in [2.45, 2.75) is 6.54 Å². The second kappa shape index (κ2) is 10.1. The molecule has 10 heteroatoms. The van der Waals surface area contributed by atoms with E-state index in [0.29, 0.717) is 28.0 Å². The van der Waals surface area contributed by atoms with Gasteiger partial charge in [-0.1, -0.05) is 35.3 Å². The highest BCUT2D eigenvalue weighted by molar-refractivity contribution is 8.18. The molecule has 0 aliphatic carbocycles. The van der Waals surface area contributed by atoms with Gasteiger partial charge in [0.2, 0.25) is 0 Å². The van der Waals surface area contributed by atoms with E-state index in [9.17, 15) is 4.79 Å². The quantitative estimate of drug-likeness (QED) is 0.518. The molecule has 2 aliphatic heterocycles. The molecule has 7 nitrogen and oxygen atoms in total. The summed E-state index contributed by atoms with van der Waals surface area (Å²) in [5.41, 5.74) is 2.85. The van der Waals surface area contributed by atoms with Gasteiger partial charge in [0.15, 0.2) is 5.17 Å². The van der Waals surface area contributed by atoms with Crippen molar-refractivity contribution >= 4 is 63.0 Å². The number of piperazine rings is 1. The highest BCUT2D eigenvalue weighted by atomic mass is 35.5. The van der Waals surface area contributed by atoms with Gasteiger partial charge in [0.1, 0.15) is 0 Å². The van der Waals surface area contributed by atoms with Crippen LogP contribution in [-0.4, -0.2) is 75.1 Å². The van der Waals surface area contributed by atoms with E-state index in [1.165, 1.54) is 11.8 Å². The van der Waals surface area contributed by atoms with Crippen LogP contribution in [0, 0.1) is 0 Å². The SMILES string of the molecule is O=C1N=C(N2CCN(CCO)CC2)SC1=Cc1ccc2c(cnn2Cc2ccc(Cl)cc2Cl)c1. The van der Waals surface area contributed by atoms with Gasteiger partial charge in [-0.15, -0.1) is 0 Å². The number of hydrogen-bond donors (Lipinski definition) is 1. The van der Waals surface area contributed by atoms with Crippen LogP contribution in [-0.2, 0) is 11.3 Å². The first-order chi connectivity index (χ1) is 16.5. The molecular weight excluding hydrogens is 493 g/mol. The van der Waals surface area contributed by atoms with Gasteiger partial charge in [-0.05, 0) is 53.2 Å². The molecule has 1 saturated heterocycles. The van der Waals surface area contributed by atoms with Crippen molar-refractivity contribution in [2.24, 2.45) is 4.99 Å². The van der Waals surface area contributed by atoms with Crippen molar-refractivity contribution in [3.05, 3.63) is 68.7 Å². The van der Waals surface area contributed by atoms with Crippen LogP contribution in [0.1, 0.15) is 11.1 Å². The Morgan fingerprint density at radius 2 is 1.91 bits per heavy atom. The molecule has 0 radical (unpaired) electrons. The van der Waals surface area contributed by atoms with E-state index in [-0.39, 0.29) is 12.5 Å². The Kier molecular flexibility index (Phi) is 6.94. The van der Waals surface area contributed by atoms with E-state index in [2.05, 4.69) is 19.9 Å². The van der Waals surface area contributed by atoms with Crippen molar-refractivity contribution in [3.63, 3.8) is 0 Å². The van der Waals surface area contributed by atoms with Crippen LogP contribution in [0.25, 0.3) is 17.0 Å². The van der Waals surface area contributed by atoms with Gasteiger partial charge in [-0.25, -0.2) is 0 Å². The molecule has 0 bridgehead atoms. The molecule has 176 valence electrons. The number of amides is 1. The highest BCUT2D eigenvalue weighted by Crippen LogP contribution is 2.31. The second-order valence-corrected chi connectivity index (χ2v) is 10.1. The maximum Gasteiger partial charge on any atom is 0.286 e.